The molecule has 0 aliphatic carbocycles. The van der Waals surface area contributed by atoms with Gasteiger partial charge in [0.15, 0.2) is 0 Å². The lowest BCUT2D eigenvalue weighted by Gasteiger charge is -2.54. The smallest absolute Gasteiger partial charge is 0.227 e. The summed E-state index contributed by atoms with van der Waals surface area (Å²) in [6.07, 6.45) is 7.09. The first kappa shape index (κ1) is 18.6. The molecular weight excluding hydrogens is 370 g/mol. The number of rotatable bonds is 3. The summed E-state index contributed by atoms with van der Waals surface area (Å²) in [6.45, 7) is 5.06. The predicted molar refractivity (Wildman–Crippen MR) is 110 cm³/mol. The Balaban J connectivity index is 1.16. The second-order valence-electron chi connectivity index (χ2n) is 9.24. The highest BCUT2D eigenvalue weighted by molar-refractivity contribution is 7.08. The zero-order valence-corrected chi connectivity index (χ0v) is 17.4. The summed E-state index contributed by atoms with van der Waals surface area (Å²) in [4.78, 5) is 31.9. The van der Waals surface area contributed by atoms with Crippen molar-refractivity contribution in [2.45, 2.75) is 57.0 Å². The molecule has 4 fully saturated rings. The first-order valence-corrected chi connectivity index (χ1v) is 11.9. The van der Waals surface area contributed by atoms with Crippen LogP contribution in [0.4, 0.5) is 0 Å². The standard InChI is InChI=1S/C22H31N3O2S/c26-21-3-1-2-20-18-10-17(13-25(20)21)12-24(14-18)19-4-7-23(8-5-19)22(27)11-16-6-9-28-15-16/h6,9,15,17-20H,1-5,7-8,10-14H2/t17-,18-,20-/m1/s1. The SMILES string of the molecule is O=C(Cc1ccsc1)N1CCC(N2C[C@H]3C[C@H](C2)[C@H]2CCCC(=O)N2C3)CC1. The number of thiophene rings is 1. The van der Waals surface area contributed by atoms with Gasteiger partial charge in [0, 0.05) is 51.2 Å². The number of amides is 2. The van der Waals surface area contributed by atoms with E-state index in [1.165, 1.54) is 12.8 Å². The summed E-state index contributed by atoms with van der Waals surface area (Å²) in [5, 5.41) is 4.12. The van der Waals surface area contributed by atoms with E-state index < -0.39 is 0 Å². The molecule has 4 saturated heterocycles. The molecule has 5 nitrogen and oxygen atoms in total. The molecule has 4 aliphatic rings. The summed E-state index contributed by atoms with van der Waals surface area (Å²) in [7, 11) is 0. The Kier molecular flexibility index (Phi) is 5.18. The van der Waals surface area contributed by atoms with Crippen molar-refractivity contribution < 1.29 is 9.59 Å². The Bertz CT molecular complexity index is 713. The van der Waals surface area contributed by atoms with Crippen LogP contribution < -0.4 is 0 Å². The molecule has 0 unspecified atom stereocenters. The van der Waals surface area contributed by atoms with Crippen LogP contribution in [0, 0.1) is 11.8 Å². The van der Waals surface area contributed by atoms with E-state index in [0.29, 0.717) is 36.2 Å². The van der Waals surface area contributed by atoms with E-state index in [9.17, 15) is 9.59 Å². The molecule has 5 heterocycles. The first-order valence-electron chi connectivity index (χ1n) is 11.0. The van der Waals surface area contributed by atoms with Gasteiger partial charge in [-0.1, -0.05) is 0 Å². The molecule has 6 heteroatoms. The number of nitrogens with zero attached hydrogens (tertiary/aromatic N) is 3. The lowest BCUT2D eigenvalue weighted by Crippen LogP contribution is -2.62. The number of hydrogen-bond donors (Lipinski definition) is 0. The average Bonchev–Trinajstić information content (AvgIpc) is 3.22. The maximum atomic E-state index is 12.6. The zero-order chi connectivity index (χ0) is 19.1. The van der Waals surface area contributed by atoms with E-state index in [-0.39, 0.29) is 5.91 Å². The predicted octanol–water partition coefficient (Wildman–Crippen LogP) is 2.61. The zero-order valence-electron chi connectivity index (χ0n) is 16.6. The summed E-state index contributed by atoms with van der Waals surface area (Å²) >= 11 is 1.66. The van der Waals surface area contributed by atoms with Gasteiger partial charge in [-0.25, -0.2) is 0 Å². The van der Waals surface area contributed by atoms with Crippen LogP contribution in [0.1, 0.15) is 44.1 Å². The quantitative estimate of drug-likeness (QED) is 0.782. The fourth-order valence-corrected chi connectivity index (χ4v) is 6.77. The molecule has 0 spiro atoms. The van der Waals surface area contributed by atoms with Crippen molar-refractivity contribution in [3.05, 3.63) is 22.4 Å². The van der Waals surface area contributed by atoms with Crippen LogP contribution in [-0.4, -0.2) is 71.3 Å². The number of fused-ring (bicyclic) bond motifs is 4. The van der Waals surface area contributed by atoms with Gasteiger partial charge in [0.05, 0.1) is 6.42 Å². The van der Waals surface area contributed by atoms with Crippen LogP contribution >= 0.6 is 11.3 Å². The van der Waals surface area contributed by atoms with Crippen LogP contribution in [0.25, 0.3) is 0 Å². The maximum Gasteiger partial charge on any atom is 0.227 e. The number of carbonyl (C=O) groups excluding carboxylic acids is 2. The molecule has 0 saturated carbocycles. The summed E-state index contributed by atoms with van der Waals surface area (Å²) < 4.78 is 0. The molecule has 4 aliphatic heterocycles. The van der Waals surface area contributed by atoms with Gasteiger partial charge in [-0.2, -0.15) is 11.3 Å². The first-order chi connectivity index (χ1) is 13.7. The molecule has 0 aromatic carbocycles. The van der Waals surface area contributed by atoms with E-state index in [2.05, 4.69) is 26.1 Å². The third-order valence-electron chi connectivity index (χ3n) is 7.48. The van der Waals surface area contributed by atoms with Crippen molar-refractivity contribution in [3.8, 4) is 0 Å². The van der Waals surface area contributed by atoms with E-state index >= 15 is 0 Å². The Labute approximate surface area is 171 Å². The molecule has 1 aromatic heterocycles. The highest BCUT2D eigenvalue weighted by Gasteiger charge is 2.45. The second kappa shape index (κ2) is 7.79. The third-order valence-corrected chi connectivity index (χ3v) is 8.21. The molecule has 3 atom stereocenters. The summed E-state index contributed by atoms with van der Waals surface area (Å²) in [5.41, 5.74) is 1.15. The fourth-order valence-electron chi connectivity index (χ4n) is 6.11. The van der Waals surface area contributed by atoms with Crippen molar-refractivity contribution in [3.63, 3.8) is 0 Å². The van der Waals surface area contributed by atoms with E-state index in [1.807, 2.05) is 5.38 Å². The van der Waals surface area contributed by atoms with E-state index in [1.54, 1.807) is 11.3 Å². The van der Waals surface area contributed by atoms with E-state index in [0.717, 1.165) is 64.0 Å². The van der Waals surface area contributed by atoms with Gasteiger partial charge < -0.3 is 9.80 Å². The van der Waals surface area contributed by atoms with Crippen molar-refractivity contribution in [1.82, 2.24) is 14.7 Å². The van der Waals surface area contributed by atoms with Crippen LogP contribution in [0.5, 0.6) is 0 Å². The van der Waals surface area contributed by atoms with E-state index in [4.69, 9.17) is 0 Å². The highest BCUT2D eigenvalue weighted by atomic mass is 32.1. The molecule has 0 N–H and O–H groups in total. The Morgan fingerprint density at radius 3 is 2.79 bits per heavy atom. The summed E-state index contributed by atoms with van der Waals surface area (Å²) in [5.74, 6) is 1.99. The average molecular weight is 402 g/mol. The van der Waals surface area contributed by atoms with Crippen LogP contribution in [0.15, 0.2) is 16.8 Å². The minimum absolute atomic E-state index is 0.281. The van der Waals surface area contributed by atoms with Crippen LogP contribution in [-0.2, 0) is 16.0 Å². The van der Waals surface area contributed by atoms with Gasteiger partial charge in [-0.3, -0.25) is 14.5 Å². The van der Waals surface area contributed by atoms with Crippen molar-refractivity contribution in [2.24, 2.45) is 11.8 Å². The van der Waals surface area contributed by atoms with Gasteiger partial charge in [0.1, 0.15) is 0 Å². The second-order valence-corrected chi connectivity index (χ2v) is 10.0. The van der Waals surface area contributed by atoms with Gasteiger partial charge >= 0.3 is 0 Å². The van der Waals surface area contributed by atoms with Gasteiger partial charge in [-0.05, 0) is 66.3 Å². The fraction of sp³-hybridized carbons (Fsp3) is 0.727. The molecular formula is C22H31N3O2S. The minimum Gasteiger partial charge on any atom is -0.342 e. The number of piperidine rings is 4. The van der Waals surface area contributed by atoms with Gasteiger partial charge in [0.2, 0.25) is 11.8 Å². The lowest BCUT2D eigenvalue weighted by atomic mass is 9.75. The normalized spacial score (nSPS) is 31.7. The molecule has 5 rings (SSSR count). The third kappa shape index (κ3) is 3.61. The molecule has 152 valence electrons. The molecule has 2 amide bonds. The van der Waals surface area contributed by atoms with Crippen molar-refractivity contribution in [1.29, 1.82) is 0 Å². The molecule has 2 bridgehead atoms. The van der Waals surface area contributed by atoms with Crippen molar-refractivity contribution >= 4 is 23.2 Å². The van der Waals surface area contributed by atoms with Crippen LogP contribution in [0.2, 0.25) is 0 Å². The van der Waals surface area contributed by atoms with Crippen molar-refractivity contribution in [2.75, 3.05) is 32.7 Å². The van der Waals surface area contributed by atoms with Crippen LogP contribution in [0.3, 0.4) is 0 Å². The minimum atomic E-state index is 0.281. The van der Waals surface area contributed by atoms with Gasteiger partial charge in [0.25, 0.3) is 0 Å². The topological polar surface area (TPSA) is 43.9 Å². The number of hydrogen-bond acceptors (Lipinski definition) is 4. The highest BCUT2D eigenvalue weighted by Crippen LogP contribution is 2.39. The lowest BCUT2D eigenvalue weighted by molar-refractivity contribution is -0.146. The Morgan fingerprint density at radius 2 is 2.00 bits per heavy atom. The number of likely N-dealkylation sites (tertiary alicyclic amines) is 2. The largest absolute Gasteiger partial charge is 0.342 e. The van der Waals surface area contributed by atoms with Gasteiger partial charge in [-0.15, -0.1) is 0 Å². The number of carbonyl (C=O) groups is 2. The maximum absolute atomic E-state index is 12.6. The Morgan fingerprint density at radius 1 is 1.14 bits per heavy atom. The Hall–Kier alpha value is -1.40. The monoisotopic (exact) mass is 401 g/mol. The molecule has 28 heavy (non-hydrogen) atoms. The summed E-state index contributed by atoms with van der Waals surface area (Å²) in [6, 6.07) is 3.16. The molecule has 1 aromatic rings. The molecule has 0 radical (unpaired) electrons.